The number of hydrogen-bond acceptors (Lipinski definition) is 6. The Hall–Kier alpha value is -2.17. The van der Waals surface area contributed by atoms with E-state index in [9.17, 15) is 10.1 Å². The summed E-state index contributed by atoms with van der Waals surface area (Å²) in [6, 6.07) is 6.07. The van der Waals surface area contributed by atoms with Crippen LogP contribution in [0.15, 0.2) is 18.2 Å². The first-order valence-corrected chi connectivity index (χ1v) is 5.30. The zero-order valence-electron chi connectivity index (χ0n) is 9.63. The molecule has 0 aliphatic heterocycles. The number of nitro groups is 1. The summed E-state index contributed by atoms with van der Waals surface area (Å²) in [4.78, 5) is 10.1. The summed E-state index contributed by atoms with van der Waals surface area (Å²) < 4.78 is 5.03. The van der Waals surface area contributed by atoms with Crippen LogP contribution in [0, 0.1) is 21.4 Å². The van der Waals surface area contributed by atoms with E-state index < -0.39 is 4.92 Å². The minimum Gasteiger partial charge on any atom is -0.394 e. The van der Waals surface area contributed by atoms with Crippen LogP contribution in [-0.2, 0) is 4.74 Å². The van der Waals surface area contributed by atoms with Crippen LogP contribution in [-0.4, -0.2) is 36.4 Å². The highest BCUT2D eigenvalue weighted by molar-refractivity contribution is 5.59. The van der Waals surface area contributed by atoms with Crippen molar-refractivity contribution >= 4 is 11.4 Å². The molecule has 0 bridgehead atoms. The molecule has 18 heavy (non-hydrogen) atoms. The Morgan fingerprint density at radius 1 is 1.50 bits per heavy atom. The summed E-state index contributed by atoms with van der Waals surface area (Å²) in [6.45, 7) is 1.06. The summed E-state index contributed by atoms with van der Waals surface area (Å²) in [7, 11) is 0. The van der Waals surface area contributed by atoms with Gasteiger partial charge in [-0.05, 0) is 12.1 Å². The van der Waals surface area contributed by atoms with Gasteiger partial charge in [0.25, 0.3) is 5.69 Å². The van der Waals surface area contributed by atoms with Gasteiger partial charge >= 0.3 is 0 Å². The minimum atomic E-state index is -0.591. The molecule has 0 fully saturated rings. The molecular weight excluding hydrogens is 238 g/mol. The van der Waals surface area contributed by atoms with Crippen molar-refractivity contribution in [3.05, 3.63) is 33.9 Å². The normalized spacial score (nSPS) is 9.78. The van der Waals surface area contributed by atoms with Gasteiger partial charge in [-0.25, -0.2) is 0 Å². The van der Waals surface area contributed by atoms with E-state index >= 15 is 0 Å². The van der Waals surface area contributed by atoms with E-state index in [1.165, 1.54) is 12.1 Å². The van der Waals surface area contributed by atoms with Gasteiger partial charge in [0.15, 0.2) is 0 Å². The molecule has 0 spiro atoms. The highest BCUT2D eigenvalue weighted by Gasteiger charge is 2.13. The van der Waals surface area contributed by atoms with Gasteiger partial charge in [-0.1, -0.05) is 0 Å². The van der Waals surface area contributed by atoms with E-state index in [0.717, 1.165) is 0 Å². The van der Waals surface area contributed by atoms with Crippen LogP contribution in [0.3, 0.4) is 0 Å². The molecule has 1 aromatic rings. The zero-order valence-corrected chi connectivity index (χ0v) is 9.63. The number of rotatable bonds is 7. The molecule has 0 aromatic heterocycles. The number of benzene rings is 1. The summed E-state index contributed by atoms with van der Waals surface area (Å²) in [6.07, 6.45) is 0. The van der Waals surface area contributed by atoms with E-state index in [1.54, 1.807) is 12.1 Å². The predicted molar refractivity (Wildman–Crippen MR) is 64.2 cm³/mol. The average Bonchev–Trinajstić information content (AvgIpc) is 2.38. The SMILES string of the molecule is N#Cc1ccc(NCCOCCO)cc1[N+](=O)[O-]. The first-order chi connectivity index (χ1) is 8.69. The van der Waals surface area contributed by atoms with E-state index in [2.05, 4.69) is 5.32 Å². The fourth-order valence-electron chi connectivity index (χ4n) is 1.32. The van der Waals surface area contributed by atoms with Gasteiger partial charge in [-0.3, -0.25) is 10.1 Å². The number of nitro benzene ring substituents is 1. The molecule has 1 aromatic carbocycles. The van der Waals surface area contributed by atoms with Crippen molar-refractivity contribution in [2.45, 2.75) is 0 Å². The van der Waals surface area contributed by atoms with E-state index in [1.807, 2.05) is 0 Å². The number of aliphatic hydroxyl groups excluding tert-OH is 1. The Morgan fingerprint density at radius 3 is 2.89 bits per heavy atom. The number of aliphatic hydroxyl groups is 1. The van der Waals surface area contributed by atoms with Gasteiger partial charge < -0.3 is 15.2 Å². The fourth-order valence-corrected chi connectivity index (χ4v) is 1.32. The average molecular weight is 251 g/mol. The topological polar surface area (TPSA) is 108 Å². The summed E-state index contributed by atoms with van der Waals surface area (Å²) in [5.41, 5.74) is 0.356. The molecule has 0 radical (unpaired) electrons. The van der Waals surface area contributed by atoms with Gasteiger partial charge in [0.1, 0.15) is 11.6 Å². The van der Waals surface area contributed by atoms with Crippen molar-refractivity contribution < 1.29 is 14.8 Å². The van der Waals surface area contributed by atoms with Crippen LogP contribution in [0.5, 0.6) is 0 Å². The minimum absolute atomic E-state index is 0.0297. The number of ether oxygens (including phenoxy) is 1. The lowest BCUT2D eigenvalue weighted by Gasteiger charge is -2.06. The molecule has 2 N–H and O–H groups in total. The Labute approximate surface area is 104 Å². The lowest BCUT2D eigenvalue weighted by Crippen LogP contribution is -2.11. The molecular formula is C11H13N3O4. The smallest absolute Gasteiger partial charge is 0.289 e. The molecule has 0 saturated heterocycles. The Kier molecular flexibility index (Phi) is 5.57. The van der Waals surface area contributed by atoms with Crippen molar-refractivity contribution in [3.63, 3.8) is 0 Å². The quantitative estimate of drug-likeness (QED) is 0.423. The van der Waals surface area contributed by atoms with Gasteiger partial charge in [0.05, 0.1) is 24.7 Å². The molecule has 0 atom stereocenters. The van der Waals surface area contributed by atoms with Crippen molar-refractivity contribution in [2.24, 2.45) is 0 Å². The first kappa shape index (κ1) is 13.9. The second kappa shape index (κ2) is 7.21. The third-order valence-corrected chi connectivity index (χ3v) is 2.13. The van der Waals surface area contributed by atoms with E-state index in [-0.39, 0.29) is 24.5 Å². The molecule has 0 heterocycles. The molecule has 0 amide bonds. The number of hydrogen-bond donors (Lipinski definition) is 2. The largest absolute Gasteiger partial charge is 0.394 e. The Morgan fingerprint density at radius 2 is 2.28 bits per heavy atom. The number of anilines is 1. The summed E-state index contributed by atoms with van der Waals surface area (Å²) in [5, 5.41) is 30.9. The van der Waals surface area contributed by atoms with Crippen LogP contribution in [0.25, 0.3) is 0 Å². The monoisotopic (exact) mass is 251 g/mol. The summed E-state index contributed by atoms with van der Waals surface area (Å²) >= 11 is 0. The number of nitrogens with one attached hydrogen (secondary N) is 1. The molecule has 0 aliphatic rings. The summed E-state index contributed by atoms with van der Waals surface area (Å²) in [5.74, 6) is 0. The van der Waals surface area contributed by atoms with Crippen molar-refractivity contribution in [2.75, 3.05) is 31.7 Å². The van der Waals surface area contributed by atoms with E-state index in [4.69, 9.17) is 15.1 Å². The zero-order chi connectivity index (χ0) is 13.4. The van der Waals surface area contributed by atoms with Crippen LogP contribution in [0.1, 0.15) is 5.56 Å². The maximum absolute atomic E-state index is 10.7. The fraction of sp³-hybridized carbons (Fsp3) is 0.364. The van der Waals surface area contributed by atoms with Crippen LogP contribution < -0.4 is 5.32 Å². The molecule has 0 saturated carbocycles. The predicted octanol–water partition coefficient (Wildman–Crippen LogP) is 0.887. The van der Waals surface area contributed by atoms with Gasteiger partial charge in [-0.15, -0.1) is 0 Å². The Balaban J connectivity index is 2.60. The molecule has 96 valence electrons. The molecule has 7 nitrogen and oxygen atoms in total. The van der Waals surface area contributed by atoms with Crippen LogP contribution >= 0.6 is 0 Å². The Bertz CT molecular complexity index is 456. The molecule has 7 heteroatoms. The van der Waals surface area contributed by atoms with Crippen molar-refractivity contribution in [1.29, 1.82) is 5.26 Å². The van der Waals surface area contributed by atoms with Gasteiger partial charge in [0, 0.05) is 18.3 Å². The van der Waals surface area contributed by atoms with Gasteiger partial charge in [-0.2, -0.15) is 5.26 Å². The lowest BCUT2D eigenvalue weighted by atomic mass is 10.2. The maximum Gasteiger partial charge on any atom is 0.289 e. The standard InChI is InChI=1S/C11H13N3O4/c12-8-9-1-2-10(7-11(9)14(16)17)13-3-5-18-6-4-15/h1-2,7,13,15H,3-6H2. The first-order valence-electron chi connectivity index (χ1n) is 5.30. The van der Waals surface area contributed by atoms with Crippen LogP contribution in [0.4, 0.5) is 11.4 Å². The molecule has 0 unspecified atom stereocenters. The lowest BCUT2D eigenvalue weighted by molar-refractivity contribution is -0.385. The highest BCUT2D eigenvalue weighted by Crippen LogP contribution is 2.22. The van der Waals surface area contributed by atoms with Gasteiger partial charge in [0.2, 0.25) is 0 Å². The number of nitriles is 1. The van der Waals surface area contributed by atoms with E-state index in [0.29, 0.717) is 18.8 Å². The second-order valence-corrected chi connectivity index (χ2v) is 3.36. The van der Waals surface area contributed by atoms with Crippen molar-refractivity contribution in [1.82, 2.24) is 0 Å². The maximum atomic E-state index is 10.7. The molecule has 1 rings (SSSR count). The molecule has 0 aliphatic carbocycles. The highest BCUT2D eigenvalue weighted by atomic mass is 16.6. The third-order valence-electron chi connectivity index (χ3n) is 2.13. The number of nitrogens with zero attached hydrogens (tertiary/aromatic N) is 2. The third kappa shape index (κ3) is 4.01. The second-order valence-electron chi connectivity index (χ2n) is 3.36. The van der Waals surface area contributed by atoms with Crippen molar-refractivity contribution in [3.8, 4) is 6.07 Å². The van der Waals surface area contributed by atoms with Crippen LogP contribution in [0.2, 0.25) is 0 Å².